The van der Waals surface area contributed by atoms with Gasteiger partial charge >= 0.3 is 0 Å². The van der Waals surface area contributed by atoms with Gasteiger partial charge in [0.2, 0.25) is 11.7 Å². The molecular weight excluding hydrogens is 318 g/mol. The number of rotatable bonds is 4. The minimum absolute atomic E-state index is 0.0970. The van der Waals surface area contributed by atoms with Crippen LogP contribution in [0.3, 0.4) is 0 Å². The molecule has 4 aromatic rings. The van der Waals surface area contributed by atoms with E-state index in [4.69, 9.17) is 8.94 Å². The number of aromatic nitrogens is 2. The fraction of sp³-hybridized carbons (Fsp3) is 0.105. The van der Waals surface area contributed by atoms with E-state index in [9.17, 15) is 4.79 Å². The molecule has 0 aliphatic carbocycles. The largest absolute Gasteiger partial charge is 0.453 e. The van der Waals surface area contributed by atoms with Crippen molar-refractivity contribution in [1.82, 2.24) is 10.1 Å². The van der Waals surface area contributed by atoms with E-state index >= 15 is 0 Å². The highest BCUT2D eigenvalue weighted by Gasteiger charge is 2.14. The third-order valence-corrected chi connectivity index (χ3v) is 3.84. The zero-order chi connectivity index (χ0) is 17.2. The maximum atomic E-state index is 12.2. The van der Waals surface area contributed by atoms with Crippen LogP contribution in [0.25, 0.3) is 22.5 Å². The Kier molecular flexibility index (Phi) is 3.78. The third-order valence-electron chi connectivity index (χ3n) is 3.84. The SMILES string of the molecule is Cc1cccnc1NC(=O)Cc1cc(-c2cc3ccccc3o2)on1. The monoisotopic (exact) mass is 333 g/mol. The highest BCUT2D eigenvalue weighted by Crippen LogP contribution is 2.28. The van der Waals surface area contributed by atoms with Crippen LogP contribution in [-0.4, -0.2) is 16.0 Å². The van der Waals surface area contributed by atoms with Gasteiger partial charge in [-0.15, -0.1) is 0 Å². The quantitative estimate of drug-likeness (QED) is 0.611. The molecular formula is C19H15N3O3. The van der Waals surface area contributed by atoms with Crippen LogP contribution in [0.5, 0.6) is 0 Å². The molecule has 3 heterocycles. The summed E-state index contributed by atoms with van der Waals surface area (Å²) in [5.41, 5.74) is 2.21. The molecule has 0 aliphatic rings. The van der Waals surface area contributed by atoms with Gasteiger partial charge in [-0.05, 0) is 30.7 Å². The molecule has 0 fully saturated rings. The number of aryl methyl sites for hydroxylation is 1. The van der Waals surface area contributed by atoms with E-state index in [0.29, 0.717) is 23.0 Å². The molecule has 0 saturated heterocycles. The first-order valence-electron chi connectivity index (χ1n) is 7.85. The Morgan fingerprint density at radius 1 is 1.12 bits per heavy atom. The number of anilines is 1. The molecule has 1 N–H and O–H groups in total. The molecule has 6 heteroatoms. The average molecular weight is 333 g/mol. The molecule has 1 aromatic carbocycles. The van der Waals surface area contributed by atoms with E-state index < -0.39 is 0 Å². The number of benzene rings is 1. The van der Waals surface area contributed by atoms with Crippen LogP contribution in [0.15, 0.2) is 63.7 Å². The number of hydrogen-bond donors (Lipinski definition) is 1. The topological polar surface area (TPSA) is 81.2 Å². The van der Waals surface area contributed by atoms with Crippen molar-refractivity contribution in [3.63, 3.8) is 0 Å². The lowest BCUT2D eigenvalue weighted by Crippen LogP contribution is -2.16. The molecule has 4 rings (SSSR count). The summed E-state index contributed by atoms with van der Waals surface area (Å²) in [5, 5.41) is 7.71. The van der Waals surface area contributed by atoms with E-state index in [0.717, 1.165) is 16.5 Å². The van der Waals surface area contributed by atoms with Gasteiger partial charge in [0, 0.05) is 17.6 Å². The van der Waals surface area contributed by atoms with Gasteiger partial charge in [0.25, 0.3) is 0 Å². The van der Waals surface area contributed by atoms with Crippen molar-refractivity contribution in [2.75, 3.05) is 5.32 Å². The fourth-order valence-electron chi connectivity index (χ4n) is 2.57. The minimum Gasteiger partial charge on any atom is -0.453 e. The third kappa shape index (κ3) is 3.14. The molecule has 3 aromatic heterocycles. The molecule has 0 spiro atoms. The van der Waals surface area contributed by atoms with E-state index in [1.54, 1.807) is 12.3 Å². The van der Waals surface area contributed by atoms with Crippen LogP contribution >= 0.6 is 0 Å². The normalized spacial score (nSPS) is 10.9. The summed E-state index contributed by atoms with van der Waals surface area (Å²) in [6.07, 6.45) is 1.73. The van der Waals surface area contributed by atoms with Gasteiger partial charge in [-0.3, -0.25) is 4.79 Å². The van der Waals surface area contributed by atoms with Gasteiger partial charge in [0.05, 0.1) is 12.1 Å². The molecule has 0 saturated carbocycles. The number of amides is 1. The summed E-state index contributed by atoms with van der Waals surface area (Å²) in [6, 6.07) is 15.0. The summed E-state index contributed by atoms with van der Waals surface area (Å²) in [5.74, 6) is 1.42. The number of para-hydroxylation sites is 1. The first-order chi connectivity index (χ1) is 12.2. The Balaban J connectivity index is 1.49. The van der Waals surface area contributed by atoms with Gasteiger partial charge in [0.1, 0.15) is 11.4 Å². The van der Waals surface area contributed by atoms with Crippen molar-refractivity contribution in [2.45, 2.75) is 13.3 Å². The molecule has 6 nitrogen and oxygen atoms in total. The second kappa shape index (κ2) is 6.24. The van der Waals surface area contributed by atoms with Gasteiger partial charge in [-0.1, -0.05) is 29.4 Å². The van der Waals surface area contributed by atoms with Crippen molar-refractivity contribution in [3.05, 3.63) is 66.0 Å². The average Bonchev–Trinajstić information content (AvgIpc) is 3.23. The van der Waals surface area contributed by atoms with Gasteiger partial charge in [0.15, 0.2) is 5.76 Å². The highest BCUT2D eigenvalue weighted by molar-refractivity contribution is 5.91. The Hall–Kier alpha value is -3.41. The summed E-state index contributed by atoms with van der Waals surface area (Å²) < 4.78 is 11.1. The lowest BCUT2D eigenvalue weighted by atomic mass is 10.2. The second-order valence-corrected chi connectivity index (χ2v) is 5.72. The molecule has 25 heavy (non-hydrogen) atoms. The lowest BCUT2D eigenvalue weighted by molar-refractivity contribution is -0.115. The Bertz CT molecular complexity index is 1020. The Morgan fingerprint density at radius 3 is 2.84 bits per heavy atom. The molecule has 0 unspecified atom stereocenters. The highest BCUT2D eigenvalue weighted by atomic mass is 16.5. The number of carbonyl (C=O) groups excluding carboxylic acids is 1. The van der Waals surface area contributed by atoms with Crippen molar-refractivity contribution >= 4 is 22.7 Å². The van der Waals surface area contributed by atoms with E-state index in [-0.39, 0.29) is 12.3 Å². The molecule has 0 aliphatic heterocycles. The van der Waals surface area contributed by atoms with E-state index in [2.05, 4.69) is 15.5 Å². The zero-order valence-electron chi connectivity index (χ0n) is 13.5. The van der Waals surface area contributed by atoms with Crippen LogP contribution in [0.1, 0.15) is 11.3 Å². The smallest absolute Gasteiger partial charge is 0.231 e. The number of furan rings is 1. The fourth-order valence-corrected chi connectivity index (χ4v) is 2.57. The van der Waals surface area contributed by atoms with Crippen molar-refractivity contribution in [1.29, 1.82) is 0 Å². The molecule has 0 radical (unpaired) electrons. The van der Waals surface area contributed by atoms with E-state index in [1.165, 1.54) is 0 Å². The van der Waals surface area contributed by atoms with Crippen LogP contribution in [0, 0.1) is 6.92 Å². The van der Waals surface area contributed by atoms with Crippen LogP contribution in [-0.2, 0) is 11.2 Å². The van der Waals surface area contributed by atoms with Crippen LogP contribution in [0.4, 0.5) is 5.82 Å². The van der Waals surface area contributed by atoms with Gasteiger partial charge < -0.3 is 14.3 Å². The first-order valence-corrected chi connectivity index (χ1v) is 7.85. The first kappa shape index (κ1) is 15.1. The van der Waals surface area contributed by atoms with Crippen molar-refractivity contribution < 1.29 is 13.7 Å². The maximum absolute atomic E-state index is 12.2. The predicted octanol–water partition coefficient (Wildman–Crippen LogP) is 3.97. The summed E-state index contributed by atoms with van der Waals surface area (Å²) in [7, 11) is 0. The number of pyridine rings is 1. The maximum Gasteiger partial charge on any atom is 0.231 e. The number of nitrogens with zero attached hydrogens (tertiary/aromatic N) is 2. The van der Waals surface area contributed by atoms with E-state index in [1.807, 2.05) is 49.4 Å². The van der Waals surface area contributed by atoms with Crippen molar-refractivity contribution in [2.24, 2.45) is 0 Å². The zero-order valence-corrected chi connectivity index (χ0v) is 13.5. The Morgan fingerprint density at radius 2 is 2.00 bits per heavy atom. The minimum atomic E-state index is -0.203. The summed E-state index contributed by atoms with van der Waals surface area (Å²) in [4.78, 5) is 16.3. The van der Waals surface area contributed by atoms with Gasteiger partial charge in [-0.25, -0.2) is 4.98 Å². The van der Waals surface area contributed by atoms with Crippen LogP contribution < -0.4 is 5.32 Å². The summed E-state index contributed by atoms with van der Waals surface area (Å²) in [6.45, 7) is 1.89. The van der Waals surface area contributed by atoms with Gasteiger partial charge in [-0.2, -0.15) is 0 Å². The standard InChI is InChI=1S/C19H15N3O3/c1-12-5-4-8-20-19(12)21-18(23)11-14-10-17(25-22-14)16-9-13-6-2-3-7-15(13)24-16/h2-10H,11H2,1H3,(H,20,21,23). The molecule has 0 bridgehead atoms. The Labute approximate surface area is 143 Å². The molecule has 124 valence electrons. The molecule has 0 atom stereocenters. The summed E-state index contributed by atoms with van der Waals surface area (Å²) >= 11 is 0. The lowest BCUT2D eigenvalue weighted by Gasteiger charge is -2.05. The number of fused-ring (bicyclic) bond motifs is 1. The predicted molar refractivity (Wildman–Crippen MR) is 93.0 cm³/mol. The second-order valence-electron chi connectivity index (χ2n) is 5.72. The number of nitrogens with one attached hydrogen (secondary N) is 1. The van der Waals surface area contributed by atoms with Crippen LogP contribution in [0.2, 0.25) is 0 Å². The number of hydrogen-bond acceptors (Lipinski definition) is 5. The number of carbonyl (C=O) groups is 1. The molecule has 1 amide bonds. The van der Waals surface area contributed by atoms with Crippen molar-refractivity contribution in [3.8, 4) is 11.5 Å².